The van der Waals surface area contributed by atoms with Crippen LogP contribution in [0.2, 0.25) is 0 Å². The molecular formula is C56H109NO10. The average molecular weight is 956 g/mol. The van der Waals surface area contributed by atoms with E-state index in [1.807, 2.05) is 0 Å². The van der Waals surface area contributed by atoms with Gasteiger partial charge in [-0.2, -0.15) is 0 Å². The number of unbranched alkanes of at least 4 members (excludes halogenated alkanes) is 35. The van der Waals surface area contributed by atoms with Crippen molar-refractivity contribution in [3.05, 3.63) is 12.2 Å². The quantitative estimate of drug-likeness (QED) is 0.0215. The third-order valence-electron chi connectivity index (χ3n) is 14.1. The lowest BCUT2D eigenvalue weighted by Gasteiger charge is -2.40. The molecule has 11 heteroatoms. The number of rotatable bonds is 49. The summed E-state index contributed by atoms with van der Waals surface area (Å²) in [5, 5.41) is 75.7. The van der Waals surface area contributed by atoms with E-state index in [9.17, 15) is 40.5 Å². The van der Waals surface area contributed by atoms with E-state index in [2.05, 4.69) is 31.3 Å². The third kappa shape index (κ3) is 34.8. The second kappa shape index (κ2) is 46.0. The second-order valence-corrected chi connectivity index (χ2v) is 20.4. The van der Waals surface area contributed by atoms with Crippen molar-refractivity contribution in [2.24, 2.45) is 0 Å². The van der Waals surface area contributed by atoms with Crippen LogP contribution in [0.3, 0.4) is 0 Å². The van der Waals surface area contributed by atoms with E-state index >= 15 is 0 Å². The fourth-order valence-electron chi connectivity index (χ4n) is 9.39. The minimum absolute atomic E-state index is 0.259. The van der Waals surface area contributed by atoms with Gasteiger partial charge in [-0.15, -0.1) is 0 Å². The molecule has 9 unspecified atom stereocenters. The number of aliphatic hydroxyl groups is 7. The highest BCUT2D eigenvalue weighted by Crippen LogP contribution is 2.23. The van der Waals surface area contributed by atoms with E-state index < -0.39 is 74.2 Å². The van der Waals surface area contributed by atoms with Crippen molar-refractivity contribution in [3.8, 4) is 0 Å². The van der Waals surface area contributed by atoms with Gasteiger partial charge in [0.25, 0.3) is 0 Å². The summed E-state index contributed by atoms with van der Waals surface area (Å²) in [5.41, 5.74) is 0. The molecule has 1 aliphatic rings. The maximum absolute atomic E-state index is 13.1. The minimum atomic E-state index is -1.66. The Kier molecular flexibility index (Phi) is 43.8. The van der Waals surface area contributed by atoms with Gasteiger partial charge in [0.1, 0.15) is 36.6 Å². The number of ether oxygens (including phenoxy) is 2. The SMILES string of the molecule is CCCCCC/C=C/CCCC(O)C(O)C(COC1OC(CO)C(O)C(O)C1O)NC(=O)C(O)CCCCCCCCCCCCCCCCCCCCCCCCCCCCCCCCC. The van der Waals surface area contributed by atoms with Gasteiger partial charge in [-0.05, 0) is 38.5 Å². The molecule has 1 fully saturated rings. The minimum Gasteiger partial charge on any atom is -0.394 e. The Balaban J connectivity index is 2.15. The van der Waals surface area contributed by atoms with Crippen molar-refractivity contribution in [1.82, 2.24) is 5.32 Å². The van der Waals surface area contributed by atoms with Crippen molar-refractivity contribution in [2.75, 3.05) is 13.2 Å². The van der Waals surface area contributed by atoms with E-state index in [4.69, 9.17) is 9.47 Å². The molecule has 0 aromatic heterocycles. The predicted molar refractivity (Wildman–Crippen MR) is 275 cm³/mol. The van der Waals surface area contributed by atoms with Crippen LogP contribution >= 0.6 is 0 Å². The lowest BCUT2D eigenvalue weighted by molar-refractivity contribution is -0.303. The topological polar surface area (TPSA) is 189 Å². The van der Waals surface area contributed by atoms with E-state index in [0.717, 1.165) is 38.5 Å². The second-order valence-electron chi connectivity index (χ2n) is 20.4. The van der Waals surface area contributed by atoms with Crippen LogP contribution in [0.15, 0.2) is 12.2 Å². The van der Waals surface area contributed by atoms with Gasteiger partial charge in [0, 0.05) is 0 Å². The Labute approximate surface area is 411 Å². The number of allylic oxidation sites excluding steroid dienone is 2. The third-order valence-corrected chi connectivity index (χ3v) is 14.1. The van der Waals surface area contributed by atoms with Crippen molar-refractivity contribution in [1.29, 1.82) is 0 Å². The first-order valence-electron chi connectivity index (χ1n) is 28.6. The molecule has 0 radical (unpaired) electrons. The van der Waals surface area contributed by atoms with Gasteiger partial charge in [-0.1, -0.05) is 244 Å². The van der Waals surface area contributed by atoms with Crippen molar-refractivity contribution in [3.63, 3.8) is 0 Å². The Bertz CT molecular complexity index is 1100. The molecule has 9 atom stereocenters. The predicted octanol–water partition coefficient (Wildman–Crippen LogP) is 11.6. The molecule has 0 aromatic carbocycles. The molecule has 1 saturated heterocycles. The van der Waals surface area contributed by atoms with Crippen LogP contribution in [0.25, 0.3) is 0 Å². The van der Waals surface area contributed by atoms with Crippen LogP contribution in [0.5, 0.6) is 0 Å². The number of hydrogen-bond donors (Lipinski definition) is 8. The smallest absolute Gasteiger partial charge is 0.249 e. The summed E-state index contributed by atoms with van der Waals surface area (Å²) in [6.45, 7) is 3.41. The number of amides is 1. The molecule has 11 nitrogen and oxygen atoms in total. The summed E-state index contributed by atoms with van der Waals surface area (Å²) < 4.78 is 11.1. The maximum atomic E-state index is 13.1. The number of aliphatic hydroxyl groups excluding tert-OH is 7. The summed E-state index contributed by atoms with van der Waals surface area (Å²) in [5.74, 6) is -0.703. The standard InChI is InChI=1S/C56H109NO10/c1-3-5-7-9-11-13-14-15-16-17-18-19-20-21-22-23-24-25-26-27-28-29-30-31-32-33-34-36-38-40-42-44-49(60)55(65)57-47(46-66-56-54(64)53(63)52(62)50(45-58)67-56)51(61)48(59)43-41-39-37-35-12-10-8-6-4-2/h35,37,47-54,56,58-64H,3-34,36,38-46H2,1-2H3,(H,57,65)/b37-35+. The Morgan fingerprint density at radius 3 is 1.28 bits per heavy atom. The van der Waals surface area contributed by atoms with Crippen LogP contribution < -0.4 is 5.32 Å². The van der Waals surface area contributed by atoms with E-state index in [1.54, 1.807) is 0 Å². The first kappa shape index (κ1) is 63.9. The van der Waals surface area contributed by atoms with E-state index in [-0.39, 0.29) is 12.8 Å². The molecular weight excluding hydrogens is 847 g/mol. The van der Waals surface area contributed by atoms with Crippen LogP contribution in [0.4, 0.5) is 0 Å². The van der Waals surface area contributed by atoms with E-state index in [1.165, 1.54) is 193 Å². The zero-order valence-electron chi connectivity index (χ0n) is 43.4. The van der Waals surface area contributed by atoms with Gasteiger partial charge in [-0.25, -0.2) is 0 Å². The van der Waals surface area contributed by atoms with Crippen molar-refractivity contribution in [2.45, 2.75) is 326 Å². The zero-order chi connectivity index (χ0) is 49.0. The van der Waals surface area contributed by atoms with Crippen LogP contribution in [-0.4, -0.2) is 110 Å². The van der Waals surface area contributed by atoms with Gasteiger partial charge >= 0.3 is 0 Å². The first-order chi connectivity index (χ1) is 32.7. The van der Waals surface area contributed by atoms with Crippen LogP contribution in [0, 0.1) is 0 Å². The summed E-state index contributed by atoms with van der Waals surface area (Å²) in [4.78, 5) is 13.1. The van der Waals surface area contributed by atoms with E-state index in [0.29, 0.717) is 12.8 Å². The number of carbonyl (C=O) groups is 1. The molecule has 8 N–H and O–H groups in total. The maximum Gasteiger partial charge on any atom is 0.249 e. The average Bonchev–Trinajstić information content (AvgIpc) is 3.33. The molecule has 398 valence electrons. The highest BCUT2D eigenvalue weighted by Gasteiger charge is 2.44. The van der Waals surface area contributed by atoms with Gasteiger partial charge < -0.3 is 50.5 Å². The monoisotopic (exact) mass is 956 g/mol. The molecule has 0 aliphatic carbocycles. The first-order valence-corrected chi connectivity index (χ1v) is 28.6. The van der Waals surface area contributed by atoms with Crippen LogP contribution in [0.1, 0.15) is 271 Å². The fourth-order valence-corrected chi connectivity index (χ4v) is 9.39. The Morgan fingerprint density at radius 2 is 0.881 bits per heavy atom. The Morgan fingerprint density at radius 1 is 0.507 bits per heavy atom. The summed E-state index contributed by atoms with van der Waals surface area (Å²) in [7, 11) is 0. The highest BCUT2D eigenvalue weighted by atomic mass is 16.7. The lowest BCUT2D eigenvalue weighted by Crippen LogP contribution is -2.60. The molecule has 0 spiro atoms. The van der Waals surface area contributed by atoms with Gasteiger partial charge in [0.15, 0.2) is 6.29 Å². The van der Waals surface area contributed by atoms with Gasteiger partial charge in [-0.3, -0.25) is 4.79 Å². The summed E-state index contributed by atoms with van der Waals surface area (Å²) >= 11 is 0. The number of nitrogens with one attached hydrogen (secondary N) is 1. The normalized spacial score (nSPS) is 20.6. The molecule has 0 saturated carbocycles. The largest absolute Gasteiger partial charge is 0.394 e. The molecule has 1 aliphatic heterocycles. The molecule has 0 aromatic rings. The molecule has 0 bridgehead atoms. The van der Waals surface area contributed by atoms with Crippen molar-refractivity contribution >= 4 is 5.91 Å². The summed E-state index contributed by atoms with van der Waals surface area (Å²) in [6.07, 6.45) is 41.8. The number of carbonyl (C=O) groups excluding carboxylic acids is 1. The van der Waals surface area contributed by atoms with Gasteiger partial charge in [0.05, 0.1) is 25.4 Å². The van der Waals surface area contributed by atoms with Crippen LogP contribution in [-0.2, 0) is 14.3 Å². The number of hydrogen-bond acceptors (Lipinski definition) is 10. The highest BCUT2D eigenvalue weighted by molar-refractivity contribution is 5.80. The Hall–Kier alpha value is -1.15. The molecule has 67 heavy (non-hydrogen) atoms. The zero-order valence-corrected chi connectivity index (χ0v) is 43.4. The molecule has 1 heterocycles. The summed E-state index contributed by atoms with van der Waals surface area (Å²) in [6, 6.07) is -1.18. The molecule has 1 amide bonds. The lowest BCUT2D eigenvalue weighted by atomic mass is 9.98. The fraction of sp³-hybridized carbons (Fsp3) is 0.946. The molecule has 1 rings (SSSR count). The van der Waals surface area contributed by atoms with Crippen molar-refractivity contribution < 1.29 is 50.0 Å². The van der Waals surface area contributed by atoms with Gasteiger partial charge in [0.2, 0.25) is 5.91 Å².